The first-order valence-corrected chi connectivity index (χ1v) is 6.34. The van der Waals surface area contributed by atoms with Crippen LogP contribution < -0.4 is 0 Å². The Hall–Kier alpha value is -1.09. The van der Waals surface area contributed by atoms with Crippen molar-refractivity contribution in [2.75, 3.05) is 11.5 Å². The fourth-order valence-electron chi connectivity index (χ4n) is 0.811. The van der Waals surface area contributed by atoms with Crippen LogP contribution in [0.5, 0.6) is 0 Å². The van der Waals surface area contributed by atoms with Crippen LogP contribution in [-0.2, 0) is 14.6 Å². The Labute approximate surface area is 89.6 Å². The highest BCUT2D eigenvalue weighted by Crippen LogP contribution is 2.19. The molecule has 0 aliphatic rings. The molecular formula is C9H15NO4S. The number of nitriles is 1. The largest absolute Gasteiger partial charge is 0.481 e. The number of carboxylic acid groups (broad SMARTS) is 1. The van der Waals surface area contributed by atoms with Gasteiger partial charge in [-0.2, -0.15) is 5.26 Å². The van der Waals surface area contributed by atoms with Gasteiger partial charge in [0, 0.05) is 0 Å². The third-order valence-electron chi connectivity index (χ3n) is 1.97. The molecule has 86 valence electrons. The van der Waals surface area contributed by atoms with Crippen LogP contribution in [0.25, 0.3) is 0 Å². The number of carbonyl (C=O) groups is 1. The predicted molar refractivity (Wildman–Crippen MR) is 54.9 cm³/mol. The van der Waals surface area contributed by atoms with Gasteiger partial charge in [-0.1, -0.05) is 0 Å². The lowest BCUT2D eigenvalue weighted by Crippen LogP contribution is -2.19. The summed E-state index contributed by atoms with van der Waals surface area (Å²) < 4.78 is 22.6. The molecule has 0 radical (unpaired) electrons. The zero-order chi connectivity index (χ0) is 12.1. The number of hydrogen-bond acceptors (Lipinski definition) is 4. The first-order chi connectivity index (χ1) is 6.68. The molecule has 0 atom stereocenters. The van der Waals surface area contributed by atoms with Gasteiger partial charge in [-0.15, -0.1) is 0 Å². The van der Waals surface area contributed by atoms with E-state index in [2.05, 4.69) is 0 Å². The number of sulfone groups is 1. The maximum Gasteiger partial charge on any atom is 0.304 e. The Morgan fingerprint density at radius 3 is 2.33 bits per heavy atom. The van der Waals surface area contributed by atoms with Gasteiger partial charge in [0.25, 0.3) is 0 Å². The monoisotopic (exact) mass is 233 g/mol. The van der Waals surface area contributed by atoms with Crippen molar-refractivity contribution in [3.05, 3.63) is 0 Å². The van der Waals surface area contributed by atoms with Gasteiger partial charge in [0.15, 0.2) is 9.84 Å². The highest BCUT2D eigenvalue weighted by molar-refractivity contribution is 7.91. The summed E-state index contributed by atoms with van der Waals surface area (Å²) in [6, 6.07) is 2.00. The molecule has 5 nitrogen and oxygen atoms in total. The van der Waals surface area contributed by atoms with Crippen molar-refractivity contribution in [2.45, 2.75) is 26.7 Å². The number of aliphatic carboxylic acids is 1. The lowest BCUT2D eigenvalue weighted by atomic mass is 9.93. The van der Waals surface area contributed by atoms with E-state index >= 15 is 0 Å². The molecule has 0 rings (SSSR count). The Kier molecular flexibility index (Phi) is 4.75. The van der Waals surface area contributed by atoms with Crippen molar-refractivity contribution in [2.24, 2.45) is 5.41 Å². The highest BCUT2D eigenvalue weighted by Gasteiger charge is 2.21. The average molecular weight is 233 g/mol. The molecule has 0 fully saturated rings. The van der Waals surface area contributed by atoms with Crippen molar-refractivity contribution < 1.29 is 18.3 Å². The minimum Gasteiger partial charge on any atom is -0.481 e. The predicted octanol–water partition coefficient (Wildman–Crippen LogP) is 0.816. The van der Waals surface area contributed by atoms with Crippen LogP contribution in [0, 0.1) is 16.7 Å². The summed E-state index contributed by atoms with van der Waals surface area (Å²) in [6.07, 6.45) is -0.152. The molecule has 0 unspecified atom stereocenters. The van der Waals surface area contributed by atoms with E-state index in [9.17, 15) is 13.2 Å². The van der Waals surface area contributed by atoms with Crippen LogP contribution in [-0.4, -0.2) is 31.0 Å². The summed E-state index contributed by atoms with van der Waals surface area (Å²) in [5.41, 5.74) is -0.684. The van der Waals surface area contributed by atoms with Crippen molar-refractivity contribution in [3.8, 4) is 6.07 Å². The number of rotatable bonds is 6. The lowest BCUT2D eigenvalue weighted by Gasteiger charge is -2.14. The lowest BCUT2D eigenvalue weighted by molar-refractivity contribution is -0.136. The Morgan fingerprint density at radius 2 is 1.93 bits per heavy atom. The normalized spacial score (nSPS) is 12.1. The van der Waals surface area contributed by atoms with Crippen molar-refractivity contribution in [1.82, 2.24) is 0 Å². The second-order valence-corrected chi connectivity index (χ2v) is 6.34. The molecule has 0 bridgehead atoms. The standard InChI is InChI=1S/C9H15NO4S/c1-9(2,7-10)4-6-15(13,14)5-3-8(11)12/h3-6H2,1-2H3,(H,11,12). The molecule has 0 saturated carbocycles. The topological polar surface area (TPSA) is 95.2 Å². The Bertz CT molecular complexity index is 364. The SMILES string of the molecule is CC(C)(C#N)CCS(=O)(=O)CCC(=O)O. The van der Waals surface area contributed by atoms with Gasteiger partial charge in [-0.3, -0.25) is 4.79 Å². The molecule has 6 heteroatoms. The van der Waals surface area contributed by atoms with Gasteiger partial charge >= 0.3 is 5.97 Å². The van der Waals surface area contributed by atoms with Gasteiger partial charge in [0.1, 0.15) is 0 Å². The van der Waals surface area contributed by atoms with E-state index in [1.165, 1.54) is 0 Å². The summed E-state index contributed by atoms with van der Waals surface area (Å²) in [6.45, 7) is 3.30. The number of hydrogen-bond donors (Lipinski definition) is 1. The maximum absolute atomic E-state index is 11.3. The first-order valence-electron chi connectivity index (χ1n) is 4.52. The molecule has 0 heterocycles. The Morgan fingerprint density at radius 1 is 1.40 bits per heavy atom. The fraction of sp³-hybridized carbons (Fsp3) is 0.778. The molecule has 0 aliphatic heterocycles. The van der Waals surface area contributed by atoms with Gasteiger partial charge in [-0.05, 0) is 20.3 Å². The van der Waals surface area contributed by atoms with Gasteiger partial charge in [0.2, 0.25) is 0 Å². The highest BCUT2D eigenvalue weighted by atomic mass is 32.2. The van der Waals surface area contributed by atoms with Crippen molar-refractivity contribution in [3.63, 3.8) is 0 Å². The zero-order valence-electron chi connectivity index (χ0n) is 8.86. The van der Waals surface area contributed by atoms with Gasteiger partial charge in [-0.25, -0.2) is 8.42 Å². The first kappa shape index (κ1) is 13.9. The fourth-order valence-corrected chi connectivity index (χ4v) is 2.32. The molecule has 1 N–H and O–H groups in total. The quantitative estimate of drug-likeness (QED) is 0.732. The van der Waals surface area contributed by atoms with E-state index in [-0.39, 0.29) is 24.3 Å². The zero-order valence-corrected chi connectivity index (χ0v) is 9.67. The van der Waals surface area contributed by atoms with E-state index in [0.717, 1.165) is 0 Å². The average Bonchev–Trinajstić information content (AvgIpc) is 2.13. The second kappa shape index (κ2) is 5.12. The molecule has 0 saturated heterocycles. The van der Waals surface area contributed by atoms with Crippen LogP contribution in [0.1, 0.15) is 26.7 Å². The van der Waals surface area contributed by atoms with E-state index in [1.54, 1.807) is 13.8 Å². The van der Waals surface area contributed by atoms with E-state index in [4.69, 9.17) is 10.4 Å². The summed E-state index contributed by atoms with van der Waals surface area (Å²) in [5.74, 6) is -1.62. The van der Waals surface area contributed by atoms with E-state index in [0.29, 0.717) is 0 Å². The molecule has 0 aromatic rings. The molecule has 15 heavy (non-hydrogen) atoms. The second-order valence-electron chi connectivity index (χ2n) is 4.04. The third-order valence-corrected chi connectivity index (χ3v) is 3.62. The molecular weight excluding hydrogens is 218 g/mol. The van der Waals surface area contributed by atoms with Crippen LogP contribution in [0.15, 0.2) is 0 Å². The number of carboxylic acids is 1. The van der Waals surface area contributed by atoms with Crippen molar-refractivity contribution in [1.29, 1.82) is 5.26 Å². The Balaban J connectivity index is 4.18. The minimum absolute atomic E-state index is 0.138. The summed E-state index contributed by atoms with van der Waals surface area (Å²) in [4.78, 5) is 10.2. The summed E-state index contributed by atoms with van der Waals surface area (Å²) in [5, 5.41) is 17.0. The van der Waals surface area contributed by atoms with E-state index in [1.807, 2.05) is 6.07 Å². The molecule has 0 amide bonds. The summed E-state index contributed by atoms with van der Waals surface area (Å²) in [7, 11) is -3.35. The maximum atomic E-state index is 11.3. The van der Waals surface area contributed by atoms with Crippen LogP contribution in [0.3, 0.4) is 0 Å². The van der Waals surface area contributed by atoms with Gasteiger partial charge < -0.3 is 5.11 Å². The van der Waals surface area contributed by atoms with Crippen LogP contribution in [0.4, 0.5) is 0 Å². The third kappa shape index (κ3) is 6.91. The van der Waals surface area contributed by atoms with Crippen LogP contribution in [0.2, 0.25) is 0 Å². The molecule has 0 aromatic heterocycles. The molecule has 0 aromatic carbocycles. The van der Waals surface area contributed by atoms with E-state index < -0.39 is 21.2 Å². The van der Waals surface area contributed by atoms with Gasteiger partial charge in [0.05, 0.1) is 29.4 Å². The minimum atomic E-state index is -3.35. The molecule has 0 spiro atoms. The number of nitrogens with zero attached hydrogens (tertiary/aromatic N) is 1. The van der Waals surface area contributed by atoms with Crippen LogP contribution >= 0.6 is 0 Å². The van der Waals surface area contributed by atoms with Crippen molar-refractivity contribution >= 4 is 15.8 Å². The molecule has 0 aliphatic carbocycles. The summed E-state index contributed by atoms with van der Waals surface area (Å²) >= 11 is 0. The smallest absolute Gasteiger partial charge is 0.304 e.